The van der Waals surface area contributed by atoms with Gasteiger partial charge in [0.25, 0.3) is 0 Å². The summed E-state index contributed by atoms with van der Waals surface area (Å²) in [5, 5.41) is 9.55. The number of carboxylic acid groups (broad SMARTS) is 1. The summed E-state index contributed by atoms with van der Waals surface area (Å²) in [7, 11) is 0. The highest BCUT2D eigenvalue weighted by atomic mass is 19.1. The Bertz CT molecular complexity index is 1030. The number of piperidine rings is 2. The topological polar surface area (TPSA) is 65.8 Å². The summed E-state index contributed by atoms with van der Waals surface area (Å²) in [6.45, 7) is 3.94. The van der Waals surface area contributed by atoms with Crippen LogP contribution in [0.5, 0.6) is 0 Å². The number of likely N-dealkylation sites (tertiary alicyclic amines) is 1. The standard InChI is InChI=1S/C23H28FN3O3/c24-19-12-17-20(27(16-4-5-16)14-18(22(17)28)23(29)30)13-21(19)26-10-6-15(7-11-26)25-8-2-1-3-9-25/h12-16H,1-11H2,(H,29,30). The van der Waals surface area contributed by atoms with E-state index in [0.29, 0.717) is 17.2 Å². The van der Waals surface area contributed by atoms with Gasteiger partial charge in [0.2, 0.25) is 5.43 Å². The van der Waals surface area contributed by atoms with Gasteiger partial charge in [-0.25, -0.2) is 9.18 Å². The Hall–Kier alpha value is -2.41. The van der Waals surface area contributed by atoms with Crippen LogP contribution in [0.2, 0.25) is 0 Å². The van der Waals surface area contributed by atoms with Crippen molar-refractivity contribution in [3.63, 3.8) is 0 Å². The van der Waals surface area contributed by atoms with E-state index in [2.05, 4.69) is 9.80 Å². The van der Waals surface area contributed by atoms with E-state index in [1.807, 2.05) is 4.57 Å². The Morgan fingerprint density at radius 1 is 0.967 bits per heavy atom. The van der Waals surface area contributed by atoms with Crippen LogP contribution in [0.1, 0.15) is 61.3 Å². The van der Waals surface area contributed by atoms with Crippen molar-refractivity contribution in [3.8, 4) is 0 Å². The third kappa shape index (κ3) is 3.49. The molecule has 5 rings (SSSR count). The number of hydrogen-bond acceptors (Lipinski definition) is 4. The molecule has 3 heterocycles. The molecule has 3 fully saturated rings. The third-order valence-electron chi connectivity index (χ3n) is 6.98. The monoisotopic (exact) mass is 413 g/mol. The molecule has 2 aromatic rings. The molecular weight excluding hydrogens is 385 g/mol. The molecule has 160 valence electrons. The lowest BCUT2D eigenvalue weighted by atomic mass is 9.99. The van der Waals surface area contributed by atoms with E-state index in [-0.39, 0.29) is 17.0 Å². The SMILES string of the molecule is O=C(O)c1cn(C2CC2)c2cc(N3CCC(N4CCCCC4)CC3)c(F)cc2c1=O. The molecule has 0 spiro atoms. The highest BCUT2D eigenvalue weighted by Gasteiger charge is 2.30. The first-order valence-corrected chi connectivity index (χ1v) is 11.1. The first kappa shape index (κ1) is 19.5. The molecule has 0 radical (unpaired) electrons. The number of carboxylic acids is 1. The molecule has 1 aromatic heterocycles. The average molecular weight is 413 g/mol. The molecule has 0 bridgehead atoms. The van der Waals surface area contributed by atoms with Crippen molar-refractivity contribution in [1.29, 1.82) is 0 Å². The van der Waals surface area contributed by atoms with Gasteiger partial charge in [0, 0.05) is 36.8 Å². The lowest BCUT2D eigenvalue weighted by molar-refractivity contribution is 0.0695. The zero-order valence-electron chi connectivity index (χ0n) is 17.1. The molecule has 2 saturated heterocycles. The maximum Gasteiger partial charge on any atom is 0.341 e. The fourth-order valence-electron chi connectivity index (χ4n) is 5.16. The maximum atomic E-state index is 15.1. The van der Waals surface area contributed by atoms with Crippen molar-refractivity contribution in [2.75, 3.05) is 31.1 Å². The molecule has 7 heteroatoms. The first-order valence-electron chi connectivity index (χ1n) is 11.1. The van der Waals surface area contributed by atoms with Gasteiger partial charge in [0.05, 0.1) is 11.2 Å². The van der Waals surface area contributed by atoms with E-state index < -0.39 is 17.2 Å². The van der Waals surface area contributed by atoms with Gasteiger partial charge >= 0.3 is 5.97 Å². The summed E-state index contributed by atoms with van der Waals surface area (Å²) in [6, 6.07) is 3.77. The van der Waals surface area contributed by atoms with Gasteiger partial charge in [-0.1, -0.05) is 6.42 Å². The molecule has 1 N–H and O–H groups in total. The molecular formula is C23H28FN3O3. The zero-order chi connectivity index (χ0) is 20.8. The summed E-state index contributed by atoms with van der Waals surface area (Å²) in [5.74, 6) is -1.71. The predicted molar refractivity (Wildman–Crippen MR) is 114 cm³/mol. The number of halogens is 1. The Morgan fingerprint density at radius 2 is 1.67 bits per heavy atom. The quantitative estimate of drug-likeness (QED) is 0.829. The van der Waals surface area contributed by atoms with Crippen LogP contribution < -0.4 is 10.3 Å². The molecule has 1 aliphatic carbocycles. The molecule has 0 amide bonds. The van der Waals surface area contributed by atoms with Crippen molar-refractivity contribution in [2.45, 2.75) is 57.0 Å². The molecule has 3 aliphatic rings. The Kier molecular flexibility index (Phi) is 5.01. The Balaban J connectivity index is 1.46. The highest BCUT2D eigenvalue weighted by Crippen LogP contribution is 2.38. The van der Waals surface area contributed by atoms with Crippen LogP contribution in [0.15, 0.2) is 23.1 Å². The summed E-state index contributed by atoms with van der Waals surface area (Å²) in [6.07, 6.45) is 9.25. The summed E-state index contributed by atoms with van der Waals surface area (Å²) in [4.78, 5) is 28.8. The van der Waals surface area contributed by atoms with Gasteiger partial charge < -0.3 is 19.5 Å². The number of aromatic carboxylic acids is 1. The lowest BCUT2D eigenvalue weighted by Gasteiger charge is -2.41. The third-order valence-corrected chi connectivity index (χ3v) is 6.98. The van der Waals surface area contributed by atoms with E-state index in [0.717, 1.165) is 38.8 Å². The number of benzene rings is 1. The van der Waals surface area contributed by atoms with Crippen LogP contribution in [-0.4, -0.2) is 52.8 Å². The summed E-state index contributed by atoms with van der Waals surface area (Å²) >= 11 is 0. The van der Waals surface area contributed by atoms with Crippen LogP contribution in [0.4, 0.5) is 10.1 Å². The minimum atomic E-state index is -1.26. The Labute approximate surface area is 174 Å². The predicted octanol–water partition coefficient (Wildman–Crippen LogP) is 3.63. The molecule has 1 aromatic carbocycles. The van der Waals surface area contributed by atoms with Gasteiger partial charge in [0.1, 0.15) is 11.4 Å². The van der Waals surface area contributed by atoms with Crippen molar-refractivity contribution >= 4 is 22.6 Å². The summed E-state index contributed by atoms with van der Waals surface area (Å²) < 4.78 is 16.9. The van der Waals surface area contributed by atoms with Crippen LogP contribution in [-0.2, 0) is 0 Å². The number of nitrogens with zero attached hydrogens (tertiary/aromatic N) is 3. The van der Waals surface area contributed by atoms with Crippen LogP contribution in [0.3, 0.4) is 0 Å². The van der Waals surface area contributed by atoms with Crippen LogP contribution in [0.25, 0.3) is 10.9 Å². The smallest absolute Gasteiger partial charge is 0.341 e. The van der Waals surface area contributed by atoms with E-state index in [9.17, 15) is 14.7 Å². The minimum Gasteiger partial charge on any atom is -0.477 e. The number of hydrogen-bond donors (Lipinski definition) is 1. The van der Waals surface area contributed by atoms with Crippen molar-refractivity contribution < 1.29 is 14.3 Å². The van der Waals surface area contributed by atoms with E-state index >= 15 is 4.39 Å². The number of anilines is 1. The maximum absolute atomic E-state index is 15.1. The van der Waals surface area contributed by atoms with Gasteiger partial charge in [-0.15, -0.1) is 0 Å². The van der Waals surface area contributed by atoms with E-state index in [4.69, 9.17) is 0 Å². The summed E-state index contributed by atoms with van der Waals surface area (Å²) in [5.41, 5.74) is 0.270. The minimum absolute atomic E-state index is 0.159. The van der Waals surface area contributed by atoms with Crippen molar-refractivity contribution in [3.05, 3.63) is 39.9 Å². The van der Waals surface area contributed by atoms with E-state index in [1.54, 1.807) is 6.07 Å². The number of pyridine rings is 1. The second kappa shape index (κ2) is 7.69. The molecule has 30 heavy (non-hydrogen) atoms. The van der Waals surface area contributed by atoms with Crippen molar-refractivity contribution in [2.24, 2.45) is 0 Å². The average Bonchev–Trinajstić information content (AvgIpc) is 3.60. The van der Waals surface area contributed by atoms with E-state index in [1.165, 1.54) is 44.6 Å². The largest absolute Gasteiger partial charge is 0.477 e. The zero-order valence-corrected chi connectivity index (χ0v) is 17.1. The van der Waals surface area contributed by atoms with Crippen molar-refractivity contribution in [1.82, 2.24) is 9.47 Å². The number of aromatic nitrogens is 1. The highest BCUT2D eigenvalue weighted by molar-refractivity contribution is 5.93. The molecule has 2 aliphatic heterocycles. The number of fused-ring (bicyclic) bond motifs is 1. The molecule has 0 atom stereocenters. The Morgan fingerprint density at radius 3 is 2.30 bits per heavy atom. The van der Waals surface area contributed by atoms with Gasteiger partial charge in [0.15, 0.2) is 0 Å². The second-order valence-electron chi connectivity index (χ2n) is 8.95. The second-order valence-corrected chi connectivity index (χ2v) is 8.95. The molecule has 0 unspecified atom stereocenters. The molecule has 1 saturated carbocycles. The normalized spacial score (nSPS) is 21.3. The number of carbonyl (C=O) groups is 1. The van der Waals surface area contributed by atoms with Crippen LogP contribution >= 0.6 is 0 Å². The molecule has 6 nitrogen and oxygen atoms in total. The van der Waals surface area contributed by atoms with Gasteiger partial charge in [-0.3, -0.25) is 4.79 Å². The lowest BCUT2D eigenvalue weighted by Crippen LogP contribution is -2.47. The van der Waals surface area contributed by atoms with Gasteiger partial charge in [-0.05, 0) is 63.7 Å². The first-order chi connectivity index (χ1) is 14.5. The fourth-order valence-corrected chi connectivity index (χ4v) is 5.16. The fraction of sp³-hybridized carbons (Fsp3) is 0.565. The van der Waals surface area contributed by atoms with Crippen LogP contribution in [0, 0.1) is 5.82 Å². The van der Waals surface area contributed by atoms with Gasteiger partial charge in [-0.2, -0.15) is 0 Å². The number of rotatable bonds is 4.